The second kappa shape index (κ2) is 10.2. The summed E-state index contributed by atoms with van der Waals surface area (Å²) in [6, 6.07) is 10.5. The van der Waals surface area contributed by atoms with Gasteiger partial charge in [-0.25, -0.2) is 0 Å². The van der Waals surface area contributed by atoms with E-state index in [-0.39, 0.29) is 12.3 Å². The molecule has 1 saturated heterocycles. The number of piperidine rings is 1. The molecule has 160 valence electrons. The molecule has 1 aromatic carbocycles. The van der Waals surface area contributed by atoms with Crippen LogP contribution in [0.3, 0.4) is 0 Å². The molecule has 0 radical (unpaired) electrons. The van der Waals surface area contributed by atoms with E-state index in [2.05, 4.69) is 40.7 Å². The van der Waals surface area contributed by atoms with Gasteiger partial charge in [-0.1, -0.05) is 43.5 Å². The van der Waals surface area contributed by atoms with Gasteiger partial charge in [0.25, 0.3) is 0 Å². The van der Waals surface area contributed by atoms with Crippen LogP contribution in [-0.4, -0.2) is 35.6 Å². The van der Waals surface area contributed by atoms with E-state index >= 15 is 0 Å². The van der Waals surface area contributed by atoms with Crippen molar-refractivity contribution < 1.29 is 9.90 Å². The molecule has 4 nitrogen and oxygen atoms in total. The molecule has 0 saturated carbocycles. The summed E-state index contributed by atoms with van der Waals surface area (Å²) in [6.07, 6.45) is 13.0. The molecule has 3 heterocycles. The van der Waals surface area contributed by atoms with Gasteiger partial charge < -0.3 is 15.3 Å². The summed E-state index contributed by atoms with van der Waals surface area (Å²) >= 11 is 1.76. The van der Waals surface area contributed by atoms with Gasteiger partial charge in [-0.2, -0.15) is 0 Å². The molecule has 0 unspecified atom stereocenters. The number of fused-ring (bicyclic) bond motifs is 2. The number of aliphatic carboxylic acids is 1. The Morgan fingerprint density at radius 3 is 2.93 bits per heavy atom. The minimum Gasteiger partial charge on any atom is -0.481 e. The molecule has 0 spiro atoms. The van der Waals surface area contributed by atoms with E-state index in [0.717, 1.165) is 32.5 Å². The van der Waals surface area contributed by atoms with Crippen LogP contribution in [0.2, 0.25) is 0 Å². The van der Waals surface area contributed by atoms with Crippen LogP contribution in [0.5, 0.6) is 0 Å². The highest BCUT2D eigenvalue weighted by molar-refractivity contribution is 7.19. The van der Waals surface area contributed by atoms with Gasteiger partial charge in [0, 0.05) is 41.3 Å². The number of nitrogens with zero attached hydrogens (tertiary/aromatic N) is 1. The van der Waals surface area contributed by atoms with Crippen LogP contribution in [0.15, 0.2) is 53.9 Å². The standard InChI is InChI=1S/C25H32N2O2S/c28-25(29)17-21(24-16-20-9-4-5-11-23(20)30-24)8-3-1-2-6-14-27-15-12-19-10-7-13-26-22(19)18-27/h4-5,9,11-12,16,18,21,26H,1-3,6-8,10,13-15,17H2,(H,28,29)/t21-/m0/s1. The lowest BCUT2D eigenvalue weighted by Gasteiger charge is -2.30. The van der Waals surface area contributed by atoms with Crippen molar-refractivity contribution >= 4 is 27.4 Å². The van der Waals surface area contributed by atoms with E-state index in [1.807, 2.05) is 12.1 Å². The second-order valence-electron chi connectivity index (χ2n) is 8.48. The summed E-state index contributed by atoms with van der Waals surface area (Å²) in [6.45, 7) is 3.23. The fraction of sp³-hybridized carbons (Fsp3) is 0.480. The minimum absolute atomic E-state index is 0.132. The number of carboxylic acids is 1. The molecular weight excluding hydrogens is 392 g/mol. The average Bonchev–Trinajstić information content (AvgIpc) is 3.19. The van der Waals surface area contributed by atoms with Gasteiger partial charge in [0.15, 0.2) is 0 Å². The van der Waals surface area contributed by atoms with Crippen molar-refractivity contribution in [1.82, 2.24) is 10.2 Å². The van der Waals surface area contributed by atoms with Gasteiger partial charge in [0.1, 0.15) is 0 Å². The highest BCUT2D eigenvalue weighted by atomic mass is 32.1. The fourth-order valence-electron chi connectivity index (χ4n) is 4.53. The summed E-state index contributed by atoms with van der Waals surface area (Å²) in [5, 5.41) is 14.1. The summed E-state index contributed by atoms with van der Waals surface area (Å²) in [4.78, 5) is 15.0. The Morgan fingerprint density at radius 1 is 1.20 bits per heavy atom. The van der Waals surface area contributed by atoms with Gasteiger partial charge in [0.2, 0.25) is 0 Å². The van der Waals surface area contributed by atoms with Crippen LogP contribution in [0.1, 0.15) is 62.2 Å². The van der Waals surface area contributed by atoms with Crippen LogP contribution < -0.4 is 5.32 Å². The van der Waals surface area contributed by atoms with E-state index < -0.39 is 5.97 Å². The normalized spacial score (nSPS) is 17.1. The predicted octanol–water partition coefficient (Wildman–Crippen LogP) is 5.88. The van der Waals surface area contributed by atoms with Crippen molar-refractivity contribution in [3.63, 3.8) is 0 Å². The first-order valence-corrected chi connectivity index (χ1v) is 12.1. The maximum atomic E-state index is 11.4. The first-order valence-electron chi connectivity index (χ1n) is 11.3. The van der Waals surface area contributed by atoms with E-state index in [1.165, 1.54) is 58.3 Å². The first kappa shape index (κ1) is 21.0. The van der Waals surface area contributed by atoms with Crippen molar-refractivity contribution in [3.8, 4) is 0 Å². The van der Waals surface area contributed by atoms with Gasteiger partial charge >= 0.3 is 5.97 Å². The zero-order valence-electron chi connectivity index (χ0n) is 17.6. The molecule has 1 fully saturated rings. The fourth-order valence-corrected chi connectivity index (χ4v) is 5.73. The number of hydrogen-bond acceptors (Lipinski definition) is 4. The predicted molar refractivity (Wildman–Crippen MR) is 125 cm³/mol. The number of nitrogens with one attached hydrogen (secondary N) is 1. The summed E-state index contributed by atoms with van der Waals surface area (Å²) < 4.78 is 1.25. The molecule has 30 heavy (non-hydrogen) atoms. The number of thiophene rings is 1. The summed E-state index contributed by atoms with van der Waals surface area (Å²) in [5.74, 6) is -0.563. The number of hydrogen-bond donors (Lipinski definition) is 2. The highest BCUT2D eigenvalue weighted by Gasteiger charge is 2.18. The molecule has 5 heteroatoms. The largest absolute Gasteiger partial charge is 0.481 e. The Labute approximate surface area is 183 Å². The zero-order valence-corrected chi connectivity index (χ0v) is 18.4. The Kier molecular flexibility index (Phi) is 7.11. The first-order chi connectivity index (χ1) is 14.7. The van der Waals surface area contributed by atoms with Crippen LogP contribution in [0.4, 0.5) is 0 Å². The molecule has 1 aromatic heterocycles. The smallest absolute Gasteiger partial charge is 0.303 e. The molecule has 2 aromatic rings. The van der Waals surface area contributed by atoms with Crippen molar-refractivity contribution in [1.29, 1.82) is 0 Å². The van der Waals surface area contributed by atoms with E-state index in [0.29, 0.717) is 0 Å². The Hall–Kier alpha value is -2.27. The molecule has 0 amide bonds. The van der Waals surface area contributed by atoms with Crippen LogP contribution in [0, 0.1) is 0 Å². The van der Waals surface area contributed by atoms with Gasteiger partial charge in [0.05, 0.1) is 12.1 Å². The average molecular weight is 425 g/mol. The number of unbranched alkanes of at least 4 members (excludes halogenated alkanes) is 3. The van der Waals surface area contributed by atoms with E-state index in [1.54, 1.807) is 11.3 Å². The third-order valence-corrected chi connectivity index (χ3v) is 7.46. The number of benzene rings is 1. The quantitative estimate of drug-likeness (QED) is 0.468. The topological polar surface area (TPSA) is 52.6 Å². The Bertz CT molecular complexity index is 897. The highest BCUT2D eigenvalue weighted by Crippen LogP contribution is 2.35. The lowest BCUT2D eigenvalue weighted by molar-refractivity contribution is -0.137. The lowest BCUT2D eigenvalue weighted by Crippen LogP contribution is -2.30. The zero-order chi connectivity index (χ0) is 20.8. The molecule has 4 rings (SSSR count). The second-order valence-corrected chi connectivity index (χ2v) is 9.60. The summed E-state index contributed by atoms with van der Waals surface area (Å²) in [7, 11) is 0. The van der Waals surface area contributed by atoms with E-state index in [4.69, 9.17) is 0 Å². The SMILES string of the molecule is O=C(O)C[C@H](CCCCCCN1C=C2NCCCC2=CC1)c1cc2ccccc2s1. The number of carboxylic acid groups (broad SMARTS) is 1. The maximum absolute atomic E-state index is 11.4. The van der Waals surface area contributed by atoms with Crippen molar-refractivity contribution in [2.45, 2.75) is 57.3 Å². The molecule has 0 aliphatic carbocycles. The van der Waals surface area contributed by atoms with E-state index in [9.17, 15) is 9.90 Å². The van der Waals surface area contributed by atoms with Crippen molar-refractivity contribution in [3.05, 3.63) is 58.8 Å². The number of rotatable bonds is 10. The van der Waals surface area contributed by atoms with Crippen LogP contribution in [0.25, 0.3) is 10.1 Å². The van der Waals surface area contributed by atoms with Gasteiger partial charge in [-0.3, -0.25) is 4.79 Å². The third-order valence-electron chi connectivity index (χ3n) is 6.18. The molecule has 2 aliphatic heterocycles. The molecule has 2 aliphatic rings. The number of allylic oxidation sites excluding steroid dienone is 1. The third kappa shape index (κ3) is 5.45. The van der Waals surface area contributed by atoms with Crippen molar-refractivity contribution in [2.75, 3.05) is 19.6 Å². The summed E-state index contributed by atoms with van der Waals surface area (Å²) in [5.41, 5.74) is 2.82. The molecule has 1 atom stereocenters. The van der Waals surface area contributed by atoms with Crippen LogP contribution in [-0.2, 0) is 4.79 Å². The van der Waals surface area contributed by atoms with Crippen LogP contribution >= 0.6 is 11.3 Å². The number of carbonyl (C=O) groups is 1. The van der Waals surface area contributed by atoms with Crippen molar-refractivity contribution in [2.24, 2.45) is 0 Å². The van der Waals surface area contributed by atoms with Gasteiger partial charge in [-0.05, 0) is 48.8 Å². The van der Waals surface area contributed by atoms with Gasteiger partial charge in [-0.15, -0.1) is 11.3 Å². The molecule has 0 bridgehead atoms. The Balaban J connectivity index is 1.21. The monoisotopic (exact) mass is 424 g/mol. The molecular formula is C25H32N2O2S. The maximum Gasteiger partial charge on any atom is 0.303 e. The lowest BCUT2D eigenvalue weighted by atomic mass is 9.95. The molecule has 2 N–H and O–H groups in total. The minimum atomic E-state index is -0.695. The Morgan fingerprint density at radius 2 is 2.07 bits per heavy atom.